The molecule has 0 radical (unpaired) electrons. The minimum atomic E-state index is -4.51. The standard InChI is InChI=1S/C20H16F3N5S/c21-20(22,23)18-26-9-13(10-27-18)2-1-6-25-19-28-12-17(29-19)15-3-4-16-11-24-7-5-14(16)8-15/h3-5,7-12H,1-2,6H2,(H,25,28). The summed E-state index contributed by atoms with van der Waals surface area (Å²) in [6.07, 6.45) is 4.70. The zero-order chi connectivity index (χ0) is 20.3. The van der Waals surface area contributed by atoms with Crippen LogP contribution in [0.4, 0.5) is 18.3 Å². The first-order chi connectivity index (χ1) is 14.0. The molecular formula is C20H16F3N5S. The van der Waals surface area contributed by atoms with E-state index in [1.807, 2.05) is 30.6 Å². The number of hydrogen-bond acceptors (Lipinski definition) is 6. The van der Waals surface area contributed by atoms with Gasteiger partial charge in [0.25, 0.3) is 0 Å². The van der Waals surface area contributed by atoms with Gasteiger partial charge in [0.15, 0.2) is 5.13 Å². The van der Waals surface area contributed by atoms with Gasteiger partial charge in [0, 0.05) is 42.9 Å². The summed E-state index contributed by atoms with van der Waals surface area (Å²) in [4.78, 5) is 16.3. The second kappa shape index (κ2) is 8.12. The number of fused-ring (bicyclic) bond motifs is 1. The first-order valence-corrected chi connectivity index (χ1v) is 9.73. The van der Waals surface area contributed by atoms with Crippen LogP contribution in [0.1, 0.15) is 17.8 Å². The first kappa shape index (κ1) is 19.3. The maximum absolute atomic E-state index is 12.5. The highest BCUT2D eigenvalue weighted by Crippen LogP contribution is 2.31. The average molecular weight is 415 g/mol. The van der Waals surface area contributed by atoms with Crippen LogP contribution < -0.4 is 5.32 Å². The second-order valence-corrected chi connectivity index (χ2v) is 7.44. The fourth-order valence-corrected chi connectivity index (χ4v) is 3.68. The first-order valence-electron chi connectivity index (χ1n) is 8.91. The molecule has 0 fully saturated rings. The van der Waals surface area contributed by atoms with Crippen LogP contribution in [0.2, 0.25) is 0 Å². The summed E-state index contributed by atoms with van der Waals surface area (Å²) in [5.74, 6) is -1.11. The Kier molecular flexibility index (Phi) is 5.39. The van der Waals surface area contributed by atoms with Crippen molar-refractivity contribution in [2.45, 2.75) is 19.0 Å². The lowest BCUT2D eigenvalue weighted by molar-refractivity contribution is -0.145. The molecule has 0 bridgehead atoms. The third-order valence-corrected chi connectivity index (χ3v) is 5.31. The summed E-state index contributed by atoms with van der Waals surface area (Å²) in [6, 6.07) is 8.17. The highest BCUT2D eigenvalue weighted by atomic mass is 32.1. The van der Waals surface area contributed by atoms with Crippen molar-refractivity contribution < 1.29 is 13.2 Å². The molecule has 4 rings (SSSR count). The Morgan fingerprint density at radius 2 is 1.76 bits per heavy atom. The smallest absolute Gasteiger partial charge is 0.361 e. The number of aryl methyl sites for hydroxylation is 1. The van der Waals surface area contributed by atoms with Gasteiger partial charge in [-0.05, 0) is 41.5 Å². The van der Waals surface area contributed by atoms with Crippen LogP contribution in [0.15, 0.2) is 55.2 Å². The van der Waals surface area contributed by atoms with Gasteiger partial charge < -0.3 is 5.32 Å². The van der Waals surface area contributed by atoms with Gasteiger partial charge in [-0.3, -0.25) is 4.98 Å². The zero-order valence-electron chi connectivity index (χ0n) is 15.1. The highest BCUT2D eigenvalue weighted by molar-refractivity contribution is 7.18. The van der Waals surface area contributed by atoms with E-state index in [9.17, 15) is 13.2 Å². The summed E-state index contributed by atoms with van der Waals surface area (Å²) in [5, 5.41) is 6.27. The molecule has 0 spiro atoms. The van der Waals surface area contributed by atoms with E-state index in [-0.39, 0.29) is 0 Å². The molecule has 0 saturated carbocycles. The number of benzene rings is 1. The van der Waals surface area contributed by atoms with Crippen molar-refractivity contribution in [3.05, 3.63) is 66.6 Å². The molecule has 0 aliphatic heterocycles. The van der Waals surface area contributed by atoms with Gasteiger partial charge in [0.2, 0.25) is 5.82 Å². The molecule has 3 heterocycles. The molecule has 148 valence electrons. The van der Waals surface area contributed by atoms with E-state index >= 15 is 0 Å². The van der Waals surface area contributed by atoms with Crippen molar-refractivity contribution in [2.24, 2.45) is 0 Å². The predicted octanol–water partition coefficient (Wildman–Crippen LogP) is 5.21. The Morgan fingerprint density at radius 3 is 2.55 bits per heavy atom. The lowest BCUT2D eigenvalue weighted by Gasteiger charge is -2.06. The number of nitrogens with zero attached hydrogens (tertiary/aromatic N) is 4. The van der Waals surface area contributed by atoms with Crippen LogP contribution in [0.5, 0.6) is 0 Å². The summed E-state index contributed by atoms with van der Waals surface area (Å²) in [7, 11) is 0. The molecule has 9 heteroatoms. The van der Waals surface area contributed by atoms with E-state index in [4.69, 9.17) is 0 Å². The van der Waals surface area contributed by atoms with Crippen LogP contribution in [0.3, 0.4) is 0 Å². The van der Waals surface area contributed by atoms with Gasteiger partial charge >= 0.3 is 6.18 Å². The van der Waals surface area contributed by atoms with Gasteiger partial charge in [-0.1, -0.05) is 23.5 Å². The Hall–Kier alpha value is -3.07. The largest absolute Gasteiger partial charge is 0.451 e. The summed E-state index contributed by atoms with van der Waals surface area (Å²) < 4.78 is 37.4. The van der Waals surface area contributed by atoms with E-state index in [0.717, 1.165) is 32.8 Å². The Balaban J connectivity index is 1.31. The molecule has 0 unspecified atom stereocenters. The van der Waals surface area contributed by atoms with E-state index < -0.39 is 12.0 Å². The van der Waals surface area contributed by atoms with E-state index in [0.29, 0.717) is 18.5 Å². The average Bonchev–Trinajstić information content (AvgIpc) is 3.19. The van der Waals surface area contributed by atoms with E-state index in [2.05, 4.69) is 31.3 Å². The third kappa shape index (κ3) is 4.68. The van der Waals surface area contributed by atoms with Crippen molar-refractivity contribution in [3.8, 4) is 10.4 Å². The molecule has 0 aliphatic rings. The molecule has 1 N–H and O–H groups in total. The molecule has 0 amide bonds. The van der Waals surface area contributed by atoms with Crippen molar-refractivity contribution >= 4 is 27.2 Å². The van der Waals surface area contributed by atoms with Gasteiger partial charge in [-0.2, -0.15) is 13.2 Å². The summed E-state index contributed by atoms with van der Waals surface area (Å²) >= 11 is 1.56. The quantitative estimate of drug-likeness (QED) is 0.438. The lowest BCUT2D eigenvalue weighted by atomic mass is 10.1. The number of pyridine rings is 1. The molecule has 1 aromatic carbocycles. The normalized spacial score (nSPS) is 11.7. The number of anilines is 1. The summed E-state index contributed by atoms with van der Waals surface area (Å²) in [5.41, 5.74) is 1.77. The van der Waals surface area contributed by atoms with Gasteiger partial charge in [0.05, 0.1) is 4.88 Å². The van der Waals surface area contributed by atoms with Gasteiger partial charge in [-0.25, -0.2) is 15.0 Å². The van der Waals surface area contributed by atoms with Crippen LogP contribution in [-0.4, -0.2) is 26.5 Å². The maximum Gasteiger partial charge on any atom is 0.451 e. The summed E-state index contributed by atoms with van der Waals surface area (Å²) in [6.45, 7) is 0.650. The molecule has 3 aromatic heterocycles. The highest BCUT2D eigenvalue weighted by Gasteiger charge is 2.34. The molecule has 29 heavy (non-hydrogen) atoms. The van der Waals surface area contributed by atoms with Crippen molar-refractivity contribution in [1.82, 2.24) is 19.9 Å². The Morgan fingerprint density at radius 1 is 0.931 bits per heavy atom. The van der Waals surface area contributed by atoms with Crippen molar-refractivity contribution in [3.63, 3.8) is 0 Å². The maximum atomic E-state index is 12.5. The monoisotopic (exact) mass is 415 g/mol. The van der Waals surface area contributed by atoms with Crippen LogP contribution >= 0.6 is 11.3 Å². The van der Waals surface area contributed by atoms with Crippen molar-refractivity contribution in [1.29, 1.82) is 0 Å². The molecule has 0 atom stereocenters. The predicted molar refractivity (Wildman–Crippen MR) is 107 cm³/mol. The topological polar surface area (TPSA) is 63.6 Å². The zero-order valence-corrected chi connectivity index (χ0v) is 16.0. The van der Waals surface area contributed by atoms with Crippen LogP contribution in [0, 0.1) is 0 Å². The molecule has 0 aliphatic carbocycles. The Bertz CT molecular complexity index is 1110. The van der Waals surface area contributed by atoms with Crippen molar-refractivity contribution in [2.75, 3.05) is 11.9 Å². The van der Waals surface area contributed by atoms with E-state index in [1.54, 1.807) is 17.5 Å². The van der Waals surface area contributed by atoms with Gasteiger partial charge in [-0.15, -0.1) is 0 Å². The number of thiazole rings is 1. The second-order valence-electron chi connectivity index (χ2n) is 6.41. The lowest BCUT2D eigenvalue weighted by Crippen LogP contribution is -2.11. The fraction of sp³-hybridized carbons (Fsp3) is 0.200. The molecule has 4 aromatic rings. The number of halogens is 3. The molecule has 0 saturated heterocycles. The minimum Gasteiger partial charge on any atom is -0.361 e. The molecular weight excluding hydrogens is 399 g/mol. The molecule has 5 nitrogen and oxygen atoms in total. The number of nitrogens with one attached hydrogen (secondary N) is 1. The number of hydrogen-bond donors (Lipinski definition) is 1. The van der Waals surface area contributed by atoms with E-state index in [1.165, 1.54) is 12.4 Å². The number of rotatable bonds is 6. The van der Waals surface area contributed by atoms with Crippen LogP contribution in [-0.2, 0) is 12.6 Å². The van der Waals surface area contributed by atoms with Gasteiger partial charge in [0.1, 0.15) is 0 Å². The third-order valence-electron chi connectivity index (χ3n) is 4.31. The number of aromatic nitrogens is 4. The SMILES string of the molecule is FC(F)(F)c1ncc(CCCNc2ncc(-c3ccc4cnccc4c3)s2)cn1. The minimum absolute atomic E-state index is 0.585. The fourth-order valence-electron chi connectivity index (χ4n) is 2.84. The number of alkyl halides is 3. The van der Waals surface area contributed by atoms with Crippen LogP contribution in [0.25, 0.3) is 21.2 Å². The Labute approximate surface area is 168 Å².